The Bertz CT molecular complexity index is 953. The summed E-state index contributed by atoms with van der Waals surface area (Å²) in [5.41, 5.74) is 3.85. The van der Waals surface area contributed by atoms with Crippen molar-refractivity contribution in [1.29, 1.82) is 0 Å². The first kappa shape index (κ1) is 27.7. The first-order valence-electron chi connectivity index (χ1n) is 11.4. The molecule has 7 nitrogen and oxygen atoms in total. The summed E-state index contributed by atoms with van der Waals surface area (Å²) in [5.74, 6) is 0.867. The average molecular weight is 494 g/mol. The minimum absolute atomic E-state index is 0.0937. The molecule has 0 aliphatic carbocycles. The van der Waals surface area contributed by atoms with E-state index in [0.717, 1.165) is 40.8 Å². The zero-order chi connectivity index (χ0) is 25.3. The fraction of sp³-hybridized carbons (Fsp3) is 0.480. The molecule has 2 aliphatic heterocycles. The van der Waals surface area contributed by atoms with Crippen molar-refractivity contribution in [3.63, 3.8) is 0 Å². The highest BCUT2D eigenvalue weighted by molar-refractivity contribution is 6.30. The van der Waals surface area contributed by atoms with Gasteiger partial charge in [-0.2, -0.15) is 5.10 Å². The van der Waals surface area contributed by atoms with Crippen molar-refractivity contribution in [2.75, 3.05) is 64.3 Å². The minimum atomic E-state index is -0.132. The first-order valence-corrected chi connectivity index (χ1v) is 11.8. The number of hydrazone groups is 1. The lowest BCUT2D eigenvalue weighted by molar-refractivity contribution is 0.122. The molecule has 0 radical (unpaired) electrons. The molecule has 0 aromatic heterocycles. The number of amidine groups is 1. The van der Waals surface area contributed by atoms with Crippen molar-refractivity contribution >= 4 is 28.8 Å². The molecule has 2 heterocycles. The molecule has 2 aromatic rings. The van der Waals surface area contributed by atoms with Gasteiger partial charge in [0.2, 0.25) is 0 Å². The number of halogens is 2. The quantitative estimate of drug-likeness (QED) is 0.653. The van der Waals surface area contributed by atoms with Gasteiger partial charge in [0.25, 0.3) is 0 Å². The molecule has 34 heavy (non-hydrogen) atoms. The maximum Gasteiger partial charge on any atom is 0.146 e. The smallest absolute Gasteiger partial charge is 0.146 e. The van der Waals surface area contributed by atoms with Crippen LogP contribution in [-0.2, 0) is 4.74 Å². The van der Waals surface area contributed by atoms with Crippen LogP contribution in [0.5, 0.6) is 0 Å². The Balaban J connectivity index is 0.000000219. The molecule has 1 atom stereocenters. The van der Waals surface area contributed by atoms with Crippen LogP contribution in [0.2, 0.25) is 5.02 Å². The lowest BCUT2D eigenvalue weighted by Gasteiger charge is -2.29. The van der Waals surface area contributed by atoms with Crippen LogP contribution < -0.4 is 10.2 Å². The lowest BCUT2D eigenvalue weighted by atomic mass is 10.1. The fourth-order valence-corrected chi connectivity index (χ4v) is 4.02. The number of aliphatic hydroxyl groups excluding tert-OH is 1. The van der Waals surface area contributed by atoms with Crippen molar-refractivity contribution in [2.45, 2.75) is 26.9 Å². The Morgan fingerprint density at radius 1 is 1.15 bits per heavy atom. The third-order valence-corrected chi connectivity index (χ3v) is 5.78. The number of nitrogens with zero attached hydrogens (tertiary/aromatic N) is 4. The second-order valence-electron chi connectivity index (χ2n) is 8.06. The van der Waals surface area contributed by atoms with E-state index < -0.39 is 0 Å². The molecular weight excluding hydrogens is 457 g/mol. The van der Waals surface area contributed by atoms with E-state index in [1.807, 2.05) is 75.2 Å². The zero-order valence-corrected chi connectivity index (χ0v) is 21.7. The van der Waals surface area contributed by atoms with Gasteiger partial charge in [0.15, 0.2) is 0 Å². The molecule has 2 N–H and O–H groups in total. The Morgan fingerprint density at radius 2 is 1.79 bits per heavy atom. The number of rotatable bonds is 3. The number of nitrogens with one attached hydrogen (secondary N) is 1. The molecule has 4 rings (SSSR count). The van der Waals surface area contributed by atoms with Gasteiger partial charge >= 0.3 is 0 Å². The van der Waals surface area contributed by atoms with Crippen LogP contribution in [0.3, 0.4) is 0 Å². The van der Waals surface area contributed by atoms with Crippen molar-refractivity contribution in [1.82, 2.24) is 9.91 Å². The highest BCUT2D eigenvalue weighted by Crippen LogP contribution is 2.34. The van der Waals surface area contributed by atoms with E-state index >= 15 is 0 Å². The van der Waals surface area contributed by atoms with Gasteiger partial charge in [-0.05, 0) is 56.7 Å². The largest absolute Gasteiger partial charge is 0.397 e. The van der Waals surface area contributed by atoms with E-state index in [9.17, 15) is 4.39 Å². The van der Waals surface area contributed by atoms with Crippen LogP contribution in [0.1, 0.15) is 31.1 Å². The topological polar surface area (TPSA) is 63.6 Å². The van der Waals surface area contributed by atoms with Crippen molar-refractivity contribution in [3.05, 3.63) is 58.4 Å². The molecule has 0 spiro atoms. The minimum Gasteiger partial charge on any atom is -0.397 e. The van der Waals surface area contributed by atoms with Crippen molar-refractivity contribution in [3.8, 4) is 0 Å². The van der Waals surface area contributed by atoms with E-state index in [1.54, 1.807) is 13.0 Å². The maximum atomic E-state index is 13.6. The van der Waals surface area contributed by atoms with Crippen LogP contribution in [0.25, 0.3) is 0 Å². The second kappa shape index (κ2) is 13.4. The van der Waals surface area contributed by atoms with E-state index in [-0.39, 0.29) is 18.6 Å². The van der Waals surface area contributed by atoms with E-state index in [0.29, 0.717) is 18.9 Å². The number of aryl methyl sites for hydroxylation is 1. The molecule has 0 saturated carbocycles. The third kappa shape index (κ3) is 7.22. The van der Waals surface area contributed by atoms with Crippen molar-refractivity contribution in [2.24, 2.45) is 5.10 Å². The average Bonchev–Trinajstić information content (AvgIpc) is 3.06. The summed E-state index contributed by atoms with van der Waals surface area (Å²) in [7, 11) is 5.92. The molecular formula is C25H37ClFN5O2. The van der Waals surface area contributed by atoms with Crippen LogP contribution >= 0.6 is 11.6 Å². The number of hydrogen-bond donors (Lipinski definition) is 2. The molecule has 0 amide bonds. The predicted octanol–water partition coefficient (Wildman–Crippen LogP) is 4.56. The summed E-state index contributed by atoms with van der Waals surface area (Å²) in [6, 6.07) is 11.2. The summed E-state index contributed by atoms with van der Waals surface area (Å²) >= 11 is 6.08. The maximum absolute atomic E-state index is 13.6. The van der Waals surface area contributed by atoms with Gasteiger partial charge in [-0.25, -0.2) is 4.39 Å². The summed E-state index contributed by atoms with van der Waals surface area (Å²) < 4.78 is 18.8. The normalized spacial score (nSPS) is 17.4. The van der Waals surface area contributed by atoms with Gasteiger partial charge in [0.1, 0.15) is 17.8 Å². The van der Waals surface area contributed by atoms with Gasteiger partial charge in [-0.3, -0.25) is 5.01 Å². The molecule has 2 aromatic carbocycles. The molecule has 2 aliphatic rings. The van der Waals surface area contributed by atoms with E-state index in [2.05, 4.69) is 15.3 Å². The Labute approximate surface area is 207 Å². The van der Waals surface area contributed by atoms with Crippen LogP contribution in [0, 0.1) is 12.7 Å². The number of hydrogen-bond acceptors (Lipinski definition) is 7. The number of ether oxygens (including phenoxy) is 1. The third-order valence-electron chi connectivity index (χ3n) is 5.55. The number of anilines is 2. The summed E-state index contributed by atoms with van der Waals surface area (Å²) in [5, 5.41) is 17.9. The van der Waals surface area contributed by atoms with Gasteiger partial charge in [0, 0.05) is 57.1 Å². The second-order valence-corrected chi connectivity index (χ2v) is 8.49. The van der Waals surface area contributed by atoms with Crippen LogP contribution in [0.4, 0.5) is 15.8 Å². The number of benzene rings is 2. The number of morpholine rings is 1. The predicted molar refractivity (Wildman–Crippen MR) is 139 cm³/mol. The molecule has 1 fully saturated rings. The molecule has 0 bridgehead atoms. The highest BCUT2D eigenvalue weighted by atomic mass is 35.5. The summed E-state index contributed by atoms with van der Waals surface area (Å²) in [6.45, 7) is 8.76. The van der Waals surface area contributed by atoms with Gasteiger partial charge < -0.3 is 25.0 Å². The monoisotopic (exact) mass is 493 g/mol. The van der Waals surface area contributed by atoms with Crippen molar-refractivity contribution < 1.29 is 14.2 Å². The molecule has 1 unspecified atom stereocenters. The zero-order valence-electron chi connectivity index (χ0n) is 21.0. The highest BCUT2D eigenvalue weighted by Gasteiger charge is 2.29. The molecule has 188 valence electrons. The SMILES string of the molecule is CCO.CNc1ccc(Cl)cc1C1N(C)N=C(C)N1C.Cc1ccc(N2CCOCC2)c(F)c1. The van der Waals surface area contributed by atoms with E-state index in [4.69, 9.17) is 21.4 Å². The molecule has 1 saturated heterocycles. The Kier molecular flexibility index (Phi) is 10.9. The van der Waals surface area contributed by atoms with Gasteiger partial charge in [0.05, 0.1) is 18.9 Å². The summed E-state index contributed by atoms with van der Waals surface area (Å²) in [6.07, 6.45) is 0.0937. The summed E-state index contributed by atoms with van der Waals surface area (Å²) in [4.78, 5) is 4.16. The number of aliphatic hydroxyl groups is 1. The van der Waals surface area contributed by atoms with Crippen LogP contribution in [-0.4, -0.2) is 74.9 Å². The van der Waals surface area contributed by atoms with Crippen LogP contribution in [0.15, 0.2) is 41.5 Å². The fourth-order valence-electron chi connectivity index (χ4n) is 3.84. The lowest BCUT2D eigenvalue weighted by Crippen LogP contribution is -2.36. The first-order chi connectivity index (χ1) is 16.2. The Hall–Kier alpha value is -2.55. The van der Waals surface area contributed by atoms with E-state index in [1.165, 1.54) is 0 Å². The van der Waals surface area contributed by atoms with Gasteiger partial charge in [-0.15, -0.1) is 0 Å². The van der Waals surface area contributed by atoms with Gasteiger partial charge in [-0.1, -0.05) is 17.7 Å². The molecule has 9 heteroatoms. The Morgan fingerprint density at radius 3 is 2.32 bits per heavy atom. The standard InChI is InChI=1S/C12H17ClN4.C11H14FNO.C2H6O/c1-8-15-17(4)12(16(8)3)10-7-9(13)5-6-11(10)14-2;1-9-2-3-11(10(12)8-9)13-4-6-14-7-5-13;1-2-3/h5-7,12,14H,1-4H3;2-3,8H,4-7H2,1H3;3H,2H2,1H3.